The van der Waals surface area contributed by atoms with Gasteiger partial charge in [-0.15, -0.1) is 0 Å². The van der Waals surface area contributed by atoms with E-state index < -0.39 is 0 Å². The molecule has 0 radical (unpaired) electrons. The van der Waals surface area contributed by atoms with Crippen LogP contribution in [0.3, 0.4) is 0 Å². The Hall–Kier alpha value is -0.0800. The van der Waals surface area contributed by atoms with Crippen molar-refractivity contribution in [1.82, 2.24) is 10.6 Å². The van der Waals surface area contributed by atoms with Crippen molar-refractivity contribution in [2.75, 3.05) is 13.1 Å². The van der Waals surface area contributed by atoms with E-state index in [0.717, 1.165) is 12.1 Å². The van der Waals surface area contributed by atoms with E-state index in [9.17, 15) is 0 Å². The molecule has 1 atom stereocenters. The molecule has 0 bridgehead atoms. The normalized spacial score (nSPS) is 32.5. The molecule has 1 aliphatic heterocycles. The average Bonchev–Trinajstić information content (AvgIpc) is 2.59. The highest BCUT2D eigenvalue weighted by atomic mass is 15.0. The third-order valence-electron chi connectivity index (χ3n) is 3.14. The van der Waals surface area contributed by atoms with Gasteiger partial charge in [0.2, 0.25) is 0 Å². The summed E-state index contributed by atoms with van der Waals surface area (Å²) < 4.78 is 0. The number of rotatable bonds is 2. The predicted molar refractivity (Wildman–Crippen MR) is 51.3 cm³/mol. The molecule has 2 rings (SSSR count). The summed E-state index contributed by atoms with van der Waals surface area (Å²) in [5.74, 6) is 0. The maximum atomic E-state index is 3.76. The van der Waals surface area contributed by atoms with Crippen molar-refractivity contribution in [1.29, 1.82) is 0 Å². The Morgan fingerprint density at radius 3 is 2.42 bits per heavy atom. The van der Waals surface area contributed by atoms with Crippen LogP contribution in [-0.2, 0) is 0 Å². The Labute approximate surface area is 75.1 Å². The third kappa shape index (κ3) is 2.20. The van der Waals surface area contributed by atoms with E-state index in [4.69, 9.17) is 0 Å². The molecule has 2 heteroatoms. The van der Waals surface area contributed by atoms with Crippen LogP contribution in [0, 0.1) is 0 Å². The van der Waals surface area contributed by atoms with Gasteiger partial charge in [-0.05, 0) is 25.8 Å². The van der Waals surface area contributed by atoms with E-state index in [2.05, 4.69) is 10.6 Å². The van der Waals surface area contributed by atoms with E-state index in [1.165, 1.54) is 51.6 Å². The second-order valence-electron chi connectivity index (χ2n) is 4.19. The quantitative estimate of drug-likeness (QED) is 0.649. The van der Waals surface area contributed by atoms with Crippen LogP contribution in [0.5, 0.6) is 0 Å². The first-order valence-electron chi connectivity index (χ1n) is 5.42. The molecule has 2 N–H and O–H groups in total. The molecule has 1 heterocycles. The lowest BCUT2D eigenvalue weighted by molar-refractivity contribution is 0.343. The van der Waals surface area contributed by atoms with Crippen LogP contribution < -0.4 is 10.6 Å². The molecule has 2 nitrogen and oxygen atoms in total. The molecule has 12 heavy (non-hydrogen) atoms. The van der Waals surface area contributed by atoms with Crippen molar-refractivity contribution >= 4 is 0 Å². The largest absolute Gasteiger partial charge is 0.315 e. The molecule has 2 fully saturated rings. The van der Waals surface area contributed by atoms with Crippen LogP contribution in [0.1, 0.15) is 38.5 Å². The van der Waals surface area contributed by atoms with Crippen LogP contribution in [0.2, 0.25) is 0 Å². The van der Waals surface area contributed by atoms with Gasteiger partial charge in [0.25, 0.3) is 0 Å². The van der Waals surface area contributed by atoms with Gasteiger partial charge in [-0.2, -0.15) is 0 Å². The maximum Gasteiger partial charge on any atom is 0.0207 e. The van der Waals surface area contributed by atoms with E-state index in [0.29, 0.717) is 0 Å². The fraction of sp³-hybridized carbons (Fsp3) is 1.00. The smallest absolute Gasteiger partial charge is 0.0207 e. The summed E-state index contributed by atoms with van der Waals surface area (Å²) >= 11 is 0. The monoisotopic (exact) mass is 168 g/mol. The number of hydrogen-bond donors (Lipinski definition) is 2. The molecule has 70 valence electrons. The van der Waals surface area contributed by atoms with Crippen molar-refractivity contribution in [2.45, 2.75) is 50.6 Å². The third-order valence-corrected chi connectivity index (χ3v) is 3.14. The van der Waals surface area contributed by atoms with Gasteiger partial charge < -0.3 is 10.6 Å². The van der Waals surface area contributed by atoms with Gasteiger partial charge in [0.05, 0.1) is 0 Å². The predicted octanol–water partition coefficient (Wildman–Crippen LogP) is 1.27. The number of hydrogen-bond acceptors (Lipinski definition) is 2. The first kappa shape index (κ1) is 8.52. The van der Waals surface area contributed by atoms with Crippen molar-refractivity contribution < 1.29 is 0 Å². The second kappa shape index (κ2) is 4.24. The molecule has 1 unspecified atom stereocenters. The summed E-state index contributed by atoms with van der Waals surface area (Å²) in [6.45, 7) is 2.40. The minimum absolute atomic E-state index is 0.771. The molecule has 0 aromatic carbocycles. The minimum Gasteiger partial charge on any atom is -0.315 e. The zero-order valence-electron chi connectivity index (χ0n) is 7.81. The highest BCUT2D eigenvalue weighted by Gasteiger charge is 2.19. The standard InChI is InChI=1S/C10H20N2/c1-2-4-9(5-3-1)12-10-6-7-11-8-10/h9-12H,1-8H2. The Balaban J connectivity index is 1.69. The van der Waals surface area contributed by atoms with Crippen molar-refractivity contribution in [3.05, 3.63) is 0 Å². The van der Waals surface area contributed by atoms with Crippen LogP contribution in [0.4, 0.5) is 0 Å². The lowest BCUT2D eigenvalue weighted by Crippen LogP contribution is -2.40. The van der Waals surface area contributed by atoms with Gasteiger partial charge in [-0.3, -0.25) is 0 Å². The van der Waals surface area contributed by atoms with E-state index in [1.807, 2.05) is 0 Å². The SMILES string of the molecule is C1CCC(NC2CCNC2)CC1. The van der Waals surface area contributed by atoms with E-state index in [1.54, 1.807) is 0 Å². The molecule has 2 aliphatic rings. The summed E-state index contributed by atoms with van der Waals surface area (Å²) in [6.07, 6.45) is 8.50. The first-order valence-corrected chi connectivity index (χ1v) is 5.42. The highest BCUT2D eigenvalue weighted by Crippen LogP contribution is 2.18. The number of nitrogens with one attached hydrogen (secondary N) is 2. The topological polar surface area (TPSA) is 24.1 Å². The second-order valence-corrected chi connectivity index (χ2v) is 4.19. The molecule has 1 aliphatic carbocycles. The van der Waals surface area contributed by atoms with Gasteiger partial charge in [-0.1, -0.05) is 19.3 Å². The van der Waals surface area contributed by atoms with Crippen LogP contribution >= 0.6 is 0 Å². The van der Waals surface area contributed by atoms with Crippen LogP contribution in [-0.4, -0.2) is 25.2 Å². The Kier molecular flexibility index (Phi) is 3.01. The van der Waals surface area contributed by atoms with Gasteiger partial charge in [-0.25, -0.2) is 0 Å². The van der Waals surface area contributed by atoms with E-state index in [-0.39, 0.29) is 0 Å². The average molecular weight is 168 g/mol. The summed E-state index contributed by atoms with van der Waals surface area (Å²) in [4.78, 5) is 0. The summed E-state index contributed by atoms with van der Waals surface area (Å²) in [5.41, 5.74) is 0. The molecule has 0 spiro atoms. The van der Waals surface area contributed by atoms with Crippen LogP contribution in [0.15, 0.2) is 0 Å². The maximum absolute atomic E-state index is 3.76. The van der Waals surface area contributed by atoms with E-state index >= 15 is 0 Å². The minimum atomic E-state index is 0.771. The van der Waals surface area contributed by atoms with Gasteiger partial charge >= 0.3 is 0 Å². The van der Waals surface area contributed by atoms with Crippen molar-refractivity contribution in [3.63, 3.8) is 0 Å². The highest BCUT2D eigenvalue weighted by molar-refractivity contribution is 4.82. The Bertz CT molecular complexity index is 124. The lowest BCUT2D eigenvalue weighted by Gasteiger charge is -2.25. The summed E-state index contributed by atoms with van der Waals surface area (Å²) in [5, 5.41) is 7.15. The van der Waals surface area contributed by atoms with Crippen molar-refractivity contribution in [3.8, 4) is 0 Å². The van der Waals surface area contributed by atoms with Crippen molar-refractivity contribution in [2.24, 2.45) is 0 Å². The van der Waals surface area contributed by atoms with Gasteiger partial charge in [0.15, 0.2) is 0 Å². The summed E-state index contributed by atoms with van der Waals surface area (Å²) in [6, 6.07) is 1.61. The zero-order valence-corrected chi connectivity index (χ0v) is 7.81. The Morgan fingerprint density at radius 1 is 0.917 bits per heavy atom. The van der Waals surface area contributed by atoms with Gasteiger partial charge in [0.1, 0.15) is 0 Å². The fourth-order valence-corrected chi connectivity index (χ4v) is 2.40. The molecule has 1 saturated carbocycles. The van der Waals surface area contributed by atoms with Gasteiger partial charge in [0, 0.05) is 18.6 Å². The Morgan fingerprint density at radius 2 is 1.75 bits per heavy atom. The molecule has 1 saturated heterocycles. The molecular weight excluding hydrogens is 148 g/mol. The molecular formula is C10H20N2. The van der Waals surface area contributed by atoms with Crippen LogP contribution in [0.25, 0.3) is 0 Å². The molecule has 0 aromatic rings. The molecule has 0 amide bonds. The first-order chi connectivity index (χ1) is 5.95. The summed E-state index contributed by atoms with van der Waals surface area (Å²) in [7, 11) is 0. The lowest BCUT2D eigenvalue weighted by atomic mass is 9.95. The fourth-order valence-electron chi connectivity index (χ4n) is 2.40. The molecule has 0 aromatic heterocycles. The zero-order chi connectivity index (χ0) is 8.23.